The van der Waals surface area contributed by atoms with Crippen LogP contribution in [0.25, 0.3) is 0 Å². The summed E-state index contributed by atoms with van der Waals surface area (Å²) in [6, 6.07) is 13.4. The van der Waals surface area contributed by atoms with Crippen molar-refractivity contribution in [3.63, 3.8) is 0 Å². The van der Waals surface area contributed by atoms with Gasteiger partial charge in [0.1, 0.15) is 5.75 Å². The van der Waals surface area contributed by atoms with Crippen LogP contribution in [0.4, 0.5) is 5.13 Å². The number of methoxy groups -OCH3 is 1. The largest absolute Gasteiger partial charge is 0.497 e. The standard InChI is InChI=1S/C22H18N2O4S/c1-28-14-11-9-13(10-12-14)19(26)15-5-2-3-6-16(15)21(27)24-22-23-17-7-4-8-18(25)20(17)29-22/h2-3,5-6,9-12H,4,7-8H2,1H3,(H,23,24,27). The van der Waals surface area contributed by atoms with Crippen LogP contribution >= 0.6 is 11.3 Å². The van der Waals surface area contributed by atoms with Crippen molar-refractivity contribution in [2.45, 2.75) is 19.3 Å². The quantitative estimate of drug-likeness (QED) is 0.643. The third-order valence-corrected chi connectivity index (χ3v) is 5.81. The topological polar surface area (TPSA) is 85.4 Å². The minimum atomic E-state index is -0.430. The van der Waals surface area contributed by atoms with Gasteiger partial charge in [-0.25, -0.2) is 4.98 Å². The minimum Gasteiger partial charge on any atom is -0.497 e. The summed E-state index contributed by atoms with van der Waals surface area (Å²) in [5.74, 6) is 0.0298. The number of hydrogen-bond donors (Lipinski definition) is 1. The normalized spacial score (nSPS) is 12.9. The molecule has 0 radical (unpaired) electrons. The molecule has 0 atom stereocenters. The fourth-order valence-corrected chi connectivity index (χ4v) is 4.24. The molecule has 1 aliphatic carbocycles. The molecule has 0 unspecified atom stereocenters. The van der Waals surface area contributed by atoms with Gasteiger partial charge in [-0.05, 0) is 43.2 Å². The number of aromatic nitrogens is 1. The van der Waals surface area contributed by atoms with Gasteiger partial charge in [0.05, 0.1) is 23.2 Å². The summed E-state index contributed by atoms with van der Waals surface area (Å²) in [6.45, 7) is 0. The number of benzene rings is 2. The number of carbonyl (C=O) groups excluding carboxylic acids is 3. The van der Waals surface area contributed by atoms with E-state index >= 15 is 0 Å². The number of Topliss-reactive ketones (excluding diaryl/α,β-unsaturated/α-hetero) is 1. The number of amides is 1. The van der Waals surface area contributed by atoms with E-state index in [-0.39, 0.29) is 17.1 Å². The molecule has 7 heteroatoms. The summed E-state index contributed by atoms with van der Waals surface area (Å²) in [5.41, 5.74) is 1.76. The molecule has 1 N–H and O–H groups in total. The van der Waals surface area contributed by atoms with Gasteiger partial charge >= 0.3 is 0 Å². The lowest BCUT2D eigenvalue weighted by Crippen LogP contribution is -2.17. The first-order chi connectivity index (χ1) is 14.1. The van der Waals surface area contributed by atoms with Crippen LogP contribution in [0, 0.1) is 0 Å². The van der Waals surface area contributed by atoms with Crippen LogP contribution in [0.1, 0.15) is 54.5 Å². The Morgan fingerprint density at radius 3 is 2.45 bits per heavy atom. The van der Waals surface area contributed by atoms with E-state index in [0.717, 1.165) is 18.5 Å². The number of thiazole rings is 1. The average Bonchev–Trinajstić information content (AvgIpc) is 3.17. The van der Waals surface area contributed by atoms with Crippen LogP contribution in [-0.4, -0.2) is 29.6 Å². The molecule has 0 fully saturated rings. The summed E-state index contributed by atoms with van der Waals surface area (Å²) in [6.07, 6.45) is 2.03. The van der Waals surface area contributed by atoms with Gasteiger partial charge in [0.25, 0.3) is 5.91 Å². The van der Waals surface area contributed by atoms with Crippen molar-refractivity contribution < 1.29 is 19.1 Å². The van der Waals surface area contributed by atoms with E-state index in [0.29, 0.717) is 33.3 Å². The highest BCUT2D eigenvalue weighted by Gasteiger charge is 2.24. The van der Waals surface area contributed by atoms with Gasteiger partial charge in [-0.3, -0.25) is 19.7 Å². The number of rotatable bonds is 5. The lowest BCUT2D eigenvalue weighted by atomic mass is 9.98. The molecule has 4 rings (SSSR count). The van der Waals surface area contributed by atoms with Gasteiger partial charge in [-0.15, -0.1) is 0 Å². The van der Waals surface area contributed by atoms with E-state index in [1.54, 1.807) is 55.6 Å². The van der Waals surface area contributed by atoms with Crippen molar-refractivity contribution >= 4 is 33.9 Å². The van der Waals surface area contributed by atoms with Crippen molar-refractivity contribution in [2.24, 2.45) is 0 Å². The predicted molar refractivity (Wildman–Crippen MR) is 110 cm³/mol. The van der Waals surface area contributed by atoms with Crippen LogP contribution in [0.5, 0.6) is 5.75 Å². The zero-order valence-corrected chi connectivity index (χ0v) is 16.5. The number of carbonyl (C=O) groups is 3. The number of fused-ring (bicyclic) bond motifs is 1. The second kappa shape index (κ2) is 7.97. The fraction of sp³-hybridized carbons (Fsp3) is 0.182. The van der Waals surface area contributed by atoms with Crippen molar-refractivity contribution in [1.29, 1.82) is 0 Å². The Hall–Kier alpha value is -3.32. The summed E-state index contributed by atoms with van der Waals surface area (Å²) < 4.78 is 5.12. The van der Waals surface area contributed by atoms with E-state index in [1.165, 1.54) is 11.3 Å². The number of nitrogens with zero attached hydrogens (tertiary/aromatic N) is 1. The number of hydrogen-bond acceptors (Lipinski definition) is 6. The van der Waals surface area contributed by atoms with Gasteiger partial charge in [-0.2, -0.15) is 0 Å². The number of anilines is 1. The highest BCUT2D eigenvalue weighted by molar-refractivity contribution is 7.17. The van der Waals surface area contributed by atoms with Crippen molar-refractivity contribution in [1.82, 2.24) is 4.98 Å². The molecule has 0 saturated carbocycles. The smallest absolute Gasteiger partial charge is 0.258 e. The van der Waals surface area contributed by atoms with Crippen molar-refractivity contribution in [3.8, 4) is 5.75 Å². The minimum absolute atomic E-state index is 0.0688. The molecule has 1 aliphatic rings. The van der Waals surface area contributed by atoms with Gasteiger partial charge in [0.15, 0.2) is 16.7 Å². The predicted octanol–water partition coefficient (Wildman–Crippen LogP) is 4.15. The van der Waals surface area contributed by atoms with Gasteiger partial charge in [0.2, 0.25) is 0 Å². The van der Waals surface area contributed by atoms with Crippen LogP contribution in [-0.2, 0) is 6.42 Å². The highest BCUT2D eigenvalue weighted by atomic mass is 32.1. The third kappa shape index (κ3) is 3.82. The Morgan fingerprint density at radius 2 is 1.76 bits per heavy atom. The van der Waals surface area contributed by atoms with Crippen LogP contribution in [0.15, 0.2) is 48.5 Å². The monoisotopic (exact) mass is 406 g/mol. The zero-order valence-electron chi connectivity index (χ0n) is 15.7. The zero-order chi connectivity index (χ0) is 20.4. The number of ether oxygens (including phenoxy) is 1. The summed E-state index contributed by atoms with van der Waals surface area (Å²) >= 11 is 1.19. The van der Waals surface area contributed by atoms with Crippen molar-refractivity contribution in [2.75, 3.05) is 12.4 Å². The molecule has 0 bridgehead atoms. The van der Waals surface area contributed by atoms with Crippen LogP contribution in [0.2, 0.25) is 0 Å². The fourth-order valence-electron chi connectivity index (χ4n) is 3.26. The summed E-state index contributed by atoms with van der Waals surface area (Å²) in [5, 5.41) is 3.12. The highest BCUT2D eigenvalue weighted by Crippen LogP contribution is 2.30. The van der Waals surface area contributed by atoms with E-state index < -0.39 is 5.91 Å². The Bertz CT molecular complexity index is 1100. The molecule has 0 saturated heterocycles. The molecule has 3 aromatic rings. The molecular weight excluding hydrogens is 388 g/mol. The lowest BCUT2D eigenvalue weighted by Gasteiger charge is -2.09. The first-order valence-electron chi connectivity index (χ1n) is 9.19. The second-order valence-electron chi connectivity index (χ2n) is 6.63. The molecule has 1 heterocycles. The maximum atomic E-state index is 12.9. The Labute approximate surface area is 171 Å². The molecular formula is C22H18N2O4S. The molecule has 146 valence electrons. The lowest BCUT2D eigenvalue weighted by molar-refractivity contribution is 0.0975. The molecule has 1 aromatic heterocycles. The summed E-state index contributed by atoms with van der Waals surface area (Å²) in [7, 11) is 1.56. The SMILES string of the molecule is COc1ccc(C(=O)c2ccccc2C(=O)Nc2nc3c(s2)C(=O)CCC3)cc1. The summed E-state index contributed by atoms with van der Waals surface area (Å²) in [4.78, 5) is 42.8. The molecule has 0 aliphatic heterocycles. The first kappa shape index (κ1) is 19.0. The van der Waals surface area contributed by atoms with Crippen LogP contribution in [0.3, 0.4) is 0 Å². The third-order valence-electron chi connectivity index (χ3n) is 4.76. The van der Waals surface area contributed by atoms with Gasteiger partial charge in [-0.1, -0.05) is 29.5 Å². The average molecular weight is 406 g/mol. The Balaban J connectivity index is 1.60. The van der Waals surface area contributed by atoms with Gasteiger partial charge in [0, 0.05) is 17.5 Å². The second-order valence-corrected chi connectivity index (χ2v) is 7.63. The molecule has 29 heavy (non-hydrogen) atoms. The van der Waals surface area contributed by atoms with E-state index in [1.807, 2.05) is 0 Å². The maximum Gasteiger partial charge on any atom is 0.258 e. The Kier molecular flexibility index (Phi) is 5.22. The molecule has 1 amide bonds. The molecule has 0 spiro atoms. The van der Waals surface area contributed by atoms with E-state index in [4.69, 9.17) is 4.74 Å². The van der Waals surface area contributed by atoms with E-state index in [2.05, 4.69) is 10.3 Å². The molecule has 2 aromatic carbocycles. The number of aryl methyl sites for hydroxylation is 1. The molecule has 6 nitrogen and oxygen atoms in total. The first-order valence-corrected chi connectivity index (χ1v) is 10.0. The van der Waals surface area contributed by atoms with Gasteiger partial charge < -0.3 is 4.74 Å². The maximum absolute atomic E-state index is 12.9. The number of ketones is 2. The Morgan fingerprint density at radius 1 is 1.03 bits per heavy atom. The van der Waals surface area contributed by atoms with E-state index in [9.17, 15) is 14.4 Å². The van der Waals surface area contributed by atoms with Crippen LogP contribution < -0.4 is 10.1 Å². The van der Waals surface area contributed by atoms with Crippen molar-refractivity contribution in [3.05, 3.63) is 75.8 Å². The number of nitrogens with one attached hydrogen (secondary N) is 1.